The van der Waals surface area contributed by atoms with Crippen molar-refractivity contribution in [3.8, 4) is 0 Å². The highest BCUT2D eigenvalue weighted by Crippen LogP contribution is 2.13. The molecule has 3 atom stereocenters. The van der Waals surface area contributed by atoms with Crippen LogP contribution in [0.3, 0.4) is 0 Å². The van der Waals surface area contributed by atoms with Crippen LogP contribution in [0.1, 0.15) is 26.7 Å². The summed E-state index contributed by atoms with van der Waals surface area (Å²) in [6.45, 7) is 7.20. The Labute approximate surface area is 87.6 Å². The van der Waals surface area contributed by atoms with E-state index in [0.717, 1.165) is 32.6 Å². The van der Waals surface area contributed by atoms with Crippen LogP contribution in [-0.2, 0) is 4.74 Å². The molecule has 14 heavy (non-hydrogen) atoms. The maximum Gasteiger partial charge on any atom is 0.0622 e. The van der Waals surface area contributed by atoms with Crippen molar-refractivity contribution in [2.45, 2.75) is 38.8 Å². The maximum absolute atomic E-state index is 6.11. The third-order valence-corrected chi connectivity index (χ3v) is 3.40. The first-order valence-electron chi connectivity index (χ1n) is 5.68. The lowest BCUT2D eigenvalue weighted by Gasteiger charge is -2.28. The molecule has 1 fully saturated rings. The van der Waals surface area contributed by atoms with Gasteiger partial charge in [-0.1, -0.05) is 20.3 Å². The summed E-state index contributed by atoms with van der Waals surface area (Å²) in [6, 6.07) is 0.885. The molecule has 3 nitrogen and oxygen atoms in total. The van der Waals surface area contributed by atoms with Gasteiger partial charge in [0.25, 0.3) is 0 Å². The van der Waals surface area contributed by atoms with Crippen LogP contribution in [0.25, 0.3) is 0 Å². The quantitative estimate of drug-likeness (QED) is 0.722. The van der Waals surface area contributed by atoms with Crippen LogP contribution < -0.4 is 5.73 Å². The number of ether oxygens (including phenoxy) is 1. The SMILES string of the molecule is CCC(C)C(N)CN(C)C1CCOC1. The third-order valence-electron chi connectivity index (χ3n) is 3.40. The van der Waals surface area contributed by atoms with Crippen molar-refractivity contribution in [2.24, 2.45) is 11.7 Å². The highest BCUT2D eigenvalue weighted by Gasteiger charge is 2.22. The van der Waals surface area contributed by atoms with E-state index in [1.807, 2.05) is 0 Å². The molecule has 3 heteroatoms. The topological polar surface area (TPSA) is 38.5 Å². The molecule has 0 aliphatic carbocycles. The van der Waals surface area contributed by atoms with Gasteiger partial charge < -0.3 is 10.5 Å². The minimum absolute atomic E-state index is 0.297. The predicted molar refractivity (Wildman–Crippen MR) is 59.3 cm³/mol. The monoisotopic (exact) mass is 200 g/mol. The van der Waals surface area contributed by atoms with Crippen LogP contribution in [0.15, 0.2) is 0 Å². The van der Waals surface area contributed by atoms with Crippen molar-refractivity contribution in [3.63, 3.8) is 0 Å². The Morgan fingerprint density at radius 1 is 1.57 bits per heavy atom. The molecule has 2 N–H and O–H groups in total. The Morgan fingerprint density at radius 2 is 2.29 bits per heavy atom. The number of rotatable bonds is 5. The standard InChI is InChI=1S/C11H24N2O/c1-4-9(2)11(12)7-13(3)10-5-6-14-8-10/h9-11H,4-8,12H2,1-3H3. The molecule has 84 valence electrons. The van der Waals surface area contributed by atoms with Crippen molar-refractivity contribution < 1.29 is 4.74 Å². The van der Waals surface area contributed by atoms with E-state index < -0.39 is 0 Å². The Kier molecular flexibility index (Phi) is 4.85. The molecule has 1 rings (SSSR count). The number of nitrogens with two attached hydrogens (primary N) is 1. The molecule has 3 unspecified atom stereocenters. The minimum atomic E-state index is 0.297. The van der Waals surface area contributed by atoms with E-state index in [1.54, 1.807) is 0 Å². The molecule has 0 saturated carbocycles. The van der Waals surface area contributed by atoms with Crippen molar-refractivity contribution in [2.75, 3.05) is 26.8 Å². The molecular weight excluding hydrogens is 176 g/mol. The Bertz CT molecular complexity index is 157. The second-order valence-corrected chi connectivity index (χ2v) is 4.51. The van der Waals surface area contributed by atoms with E-state index in [4.69, 9.17) is 10.5 Å². The average Bonchev–Trinajstić information content (AvgIpc) is 2.69. The molecule has 1 aliphatic heterocycles. The third kappa shape index (κ3) is 3.23. The molecule has 0 amide bonds. The van der Waals surface area contributed by atoms with Crippen molar-refractivity contribution in [3.05, 3.63) is 0 Å². The minimum Gasteiger partial charge on any atom is -0.380 e. The molecule has 1 heterocycles. The normalized spacial score (nSPS) is 26.8. The molecule has 0 aromatic rings. The van der Waals surface area contributed by atoms with E-state index in [9.17, 15) is 0 Å². The lowest BCUT2D eigenvalue weighted by molar-refractivity contribution is 0.151. The fraction of sp³-hybridized carbons (Fsp3) is 1.00. The van der Waals surface area contributed by atoms with Crippen LogP contribution in [0, 0.1) is 5.92 Å². The summed E-state index contributed by atoms with van der Waals surface area (Å²) >= 11 is 0. The van der Waals surface area contributed by atoms with Gasteiger partial charge in [-0.15, -0.1) is 0 Å². The first-order chi connectivity index (χ1) is 6.65. The van der Waals surface area contributed by atoms with Gasteiger partial charge in [-0.25, -0.2) is 0 Å². The van der Waals surface area contributed by atoms with Crippen LogP contribution in [-0.4, -0.2) is 43.8 Å². The molecule has 0 aromatic carbocycles. The van der Waals surface area contributed by atoms with Crippen LogP contribution in [0.2, 0.25) is 0 Å². The van der Waals surface area contributed by atoms with Gasteiger partial charge in [-0.3, -0.25) is 4.90 Å². The lowest BCUT2D eigenvalue weighted by atomic mass is 9.99. The Balaban J connectivity index is 2.27. The molecule has 1 saturated heterocycles. The van der Waals surface area contributed by atoms with Crippen molar-refractivity contribution in [1.29, 1.82) is 0 Å². The zero-order valence-electron chi connectivity index (χ0n) is 9.70. The van der Waals surface area contributed by atoms with Gasteiger partial charge >= 0.3 is 0 Å². The molecule has 1 aliphatic rings. The summed E-state index contributed by atoms with van der Waals surface area (Å²) in [5.74, 6) is 0.611. The van der Waals surface area contributed by atoms with Gasteiger partial charge in [-0.2, -0.15) is 0 Å². The zero-order chi connectivity index (χ0) is 10.6. The number of likely N-dealkylation sites (N-methyl/N-ethyl adjacent to an activating group) is 1. The fourth-order valence-electron chi connectivity index (χ4n) is 1.83. The van der Waals surface area contributed by atoms with Gasteiger partial charge in [-0.05, 0) is 19.4 Å². The molecule has 0 spiro atoms. The first kappa shape index (κ1) is 12.0. The Morgan fingerprint density at radius 3 is 2.79 bits per heavy atom. The van der Waals surface area contributed by atoms with Crippen molar-refractivity contribution in [1.82, 2.24) is 4.90 Å². The van der Waals surface area contributed by atoms with Crippen molar-refractivity contribution >= 4 is 0 Å². The lowest BCUT2D eigenvalue weighted by Crippen LogP contribution is -2.44. The van der Waals surface area contributed by atoms with Gasteiger partial charge in [0.15, 0.2) is 0 Å². The van der Waals surface area contributed by atoms with E-state index >= 15 is 0 Å². The second kappa shape index (κ2) is 5.69. The van der Waals surface area contributed by atoms with E-state index in [2.05, 4.69) is 25.8 Å². The van der Waals surface area contributed by atoms with E-state index in [-0.39, 0.29) is 0 Å². The van der Waals surface area contributed by atoms with Gasteiger partial charge in [0, 0.05) is 25.2 Å². The molecular formula is C11H24N2O. The fourth-order valence-corrected chi connectivity index (χ4v) is 1.83. The van der Waals surface area contributed by atoms with E-state index in [0.29, 0.717) is 18.0 Å². The van der Waals surface area contributed by atoms with Crippen LogP contribution in [0.5, 0.6) is 0 Å². The summed E-state index contributed by atoms with van der Waals surface area (Å²) < 4.78 is 5.36. The Hall–Kier alpha value is -0.120. The second-order valence-electron chi connectivity index (χ2n) is 4.51. The number of nitrogens with zero attached hydrogens (tertiary/aromatic N) is 1. The summed E-state index contributed by atoms with van der Waals surface area (Å²) in [4.78, 5) is 2.35. The molecule has 0 bridgehead atoms. The van der Waals surface area contributed by atoms with E-state index in [1.165, 1.54) is 0 Å². The van der Waals surface area contributed by atoms with Crippen LogP contribution in [0.4, 0.5) is 0 Å². The highest BCUT2D eigenvalue weighted by molar-refractivity contribution is 4.78. The average molecular weight is 200 g/mol. The molecule has 0 aromatic heterocycles. The molecule has 0 radical (unpaired) electrons. The zero-order valence-corrected chi connectivity index (χ0v) is 9.70. The smallest absolute Gasteiger partial charge is 0.0622 e. The summed E-state index contributed by atoms with van der Waals surface area (Å²) in [5.41, 5.74) is 6.11. The largest absolute Gasteiger partial charge is 0.380 e. The van der Waals surface area contributed by atoms with Gasteiger partial charge in [0.2, 0.25) is 0 Å². The predicted octanol–water partition coefficient (Wildman–Crippen LogP) is 1.08. The number of hydrogen-bond acceptors (Lipinski definition) is 3. The first-order valence-corrected chi connectivity index (χ1v) is 5.68. The maximum atomic E-state index is 6.11. The summed E-state index contributed by atoms with van der Waals surface area (Å²) in [5, 5.41) is 0. The summed E-state index contributed by atoms with van der Waals surface area (Å²) in [7, 11) is 2.15. The highest BCUT2D eigenvalue weighted by atomic mass is 16.5. The van der Waals surface area contributed by atoms with Crippen LogP contribution >= 0.6 is 0 Å². The van der Waals surface area contributed by atoms with Gasteiger partial charge in [0.05, 0.1) is 6.61 Å². The van der Waals surface area contributed by atoms with Gasteiger partial charge in [0.1, 0.15) is 0 Å². The number of hydrogen-bond donors (Lipinski definition) is 1. The summed E-state index contributed by atoms with van der Waals surface area (Å²) in [6.07, 6.45) is 2.32.